The molecule has 78 heavy (non-hydrogen) atoms. The summed E-state index contributed by atoms with van der Waals surface area (Å²) < 4.78 is 34.1. The second-order valence-corrected chi connectivity index (χ2v) is 22.4. The van der Waals surface area contributed by atoms with Crippen LogP contribution in [-0.2, 0) is 32.7 Å². The minimum atomic E-state index is -4.66. The van der Waals surface area contributed by atoms with E-state index < -0.39 is 32.5 Å². The summed E-state index contributed by atoms with van der Waals surface area (Å²) >= 11 is 0. The van der Waals surface area contributed by atoms with Gasteiger partial charge in [0.1, 0.15) is 19.8 Å². The Bertz CT molecular complexity index is 1820. The van der Waals surface area contributed by atoms with Crippen LogP contribution in [0.1, 0.15) is 219 Å². The van der Waals surface area contributed by atoms with Gasteiger partial charge in [-0.2, -0.15) is 0 Å². The van der Waals surface area contributed by atoms with Crippen LogP contribution >= 0.6 is 7.82 Å². The molecule has 0 saturated carbocycles. The number of allylic oxidation sites excluding steroid dienone is 24. The number of hydrogen-bond acceptors (Lipinski definition) is 8. The summed E-state index contributed by atoms with van der Waals surface area (Å²) in [6.45, 7) is 4.05. The van der Waals surface area contributed by atoms with E-state index in [1.165, 1.54) is 38.5 Å². The summed E-state index contributed by atoms with van der Waals surface area (Å²) in [7, 11) is 1.12. The number of carbonyl (C=O) groups excluding carboxylic acids is 2. The molecule has 2 atom stereocenters. The van der Waals surface area contributed by atoms with Crippen LogP contribution in [0.3, 0.4) is 0 Å². The average molecular weight is 1100 g/mol. The number of nitrogens with zero attached hydrogens (tertiary/aromatic N) is 1. The minimum Gasteiger partial charge on any atom is -0.756 e. The van der Waals surface area contributed by atoms with E-state index in [1.54, 1.807) is 0 Å². The Kier molecular flexibility index (Phi) is 54.5. The maximum atomic E-state index is 12.8. The Labute approximate surface area is 478 Å². The van der Waals surface area contributed by atoms with Gasteiger partial charge in [0.05, 0.1) is 27.7 Å². The van der Waals surface area contributed by atoms with Gasteiger partial charge in [-0.05, 0) is 122 Å². The highest BCUT2D eigenvalue weighted by molar-refractivity contribution is 7.45. The van der Waals surface area contributed by atoms with E-state index in [0.29, 0.717) is 23.9 Å². The third-order valence-corrected chi connectivity index (χ3v) is 13.3. The average Bonchev–Trinajstić information content (AvgIpc) is 3.41. The van der Waals surface area contributed by atoms with Crippen LogP contribution in [0.15, 0.2) is 146 Å². The van der Waals surface area contributed by atoms with Gasteiger partial charge in [0.2, 0.25) is 0 Å². The standard InChI is InChI=1S/C68H112NO8P/c1-6-8-10-12-14-16-18-20-22-24-26-28-29-30-31-32-33-34-35-36-37-38-39-41-43-45-47-49-51-53-55-57-59-61-68(71)77-66(65-76-78(72,73)75-63-62-69(3,4)5)64-74-67(70)60-58-56-54-52-50-48-46-44-42-40-27-25-23-21-19-17-15-13-11-9-7-2/h8,10,14,16,19-22,25-28,30-31,33-34,36-37,39,41-42,44-45,47,66H,6-7,9,11-13,15,17-18,23-24,29,32,35,38,40,43,46,48-65H2,1-5H3/b10-8-,16-14-,21-19-,22-20-,27-25-,28-26-,31-30-,34-33-,37-36-,41-39-,44-42-,47-45-. The summed E-state index contributed by atoms with van der Waals surface area (Å²) in [5.74, 6) is -0.881. The molecule has 0 aliphatic carbocycles. The van der Waals surface area contributed by atoms with Crippen molar-refractivity contribution in [3.63, 3.8) is 0 Å². The SMILES string of the molecule is CC/C=C\C/C=C\C/C=C\C/C=C\C/C=C\C/C=C\C/C=C\C/C=C\C/C=C\CCCCCCCC(=O)OC(COC(=O)CCCCCCCC/C=C\C/C=C\C/C=C\CCCCCCC)COP(=O)([O-])OCC[N+](C)(C)C. The number of likely N-dealkylation sites (N-methyl/N-ethyl adjacent to an activating group) is 1. The highest BCUT2D eigenvalue weighted by atomic mass is 31.2. The van der Waals surface area contributed by atoms with E-state index in [2.05, 4.69) is 160 Å². The van der Waals surface area contributed by atoms with Crippen LogP contribution in [-0.4, -0.2) is 70.0 Å². The van der Waals surface area contributed by atoms with Gasteiger partial charge in [0, 0.05) is 12.8 Å². The van der Waals surface area contributed by atoms with Crippen molar-refractivity contribution in [2.45, 2.75) is 225 Å². The van der Waals surface area contributed by atoms with Gasteiger partial charge in [-0.25, -0.2) is 0 Å². The first-order valence-electron chi connectivity index (χ1n) is 30.5. The number of carbonyl (C=O) groups is 2. The van der Waals surface area contributed by atoms with E-state index in [0.717, 1.165) is 141 Å². The normalized spacial score (nSPS) is 14.3. The quantitative estimate of drug-likeness (QED) is 0.0195. The van der Waals surface area contributed by atoms with Crippen molar-refractivity contribution < 1.29 is 42.1 Å². The molecule has 0 aromatic rings. The van der Waals surface area contributed by atoms with Gasteiger partial charge in [0.15, 0.2) is 6.10 Å². The Balaban J connectivity index is 4.27. The van der Waals surface area contributed by atoms with Gasteiger partial charge >= 0.3 is 11.9 Å². The zero-order valence-corrected chi connectivity index (χ0v) is 50.9. The van der Waals surface area contributed by atoms with Crippen LogP contribution in [0, 0.1) is 0 Å². The number of ether oxygens (including phenoxy) is 2. The van der Waals surface area contributed by atoms with E-state index in [1.807, 2.05) is 21.1 Å². The fourth-order valence-corrected chi connectivity index (χ4v) is 8.38. The summed E-state index contributed by atoms with van der Waals surface area (Å²) in [6, 6.07) is 0. The molecule has 0 aliphatic rings. The molecule has 0 amide bonds. The molecule has 2 unspecified atom stereocenters. The molecule has 0 N–H and O–H groups in total. The van der Waals surface area contributed by atoms with Crippen molar-refractivity contribution in [2.75, 3.05) is 47.5 Å². The summed E-state index contributed by atoms with van der Waals surface area (Å²) in [4.78, 5) is 37.9. The van der Waals surface area contributed by atoms with Crippen molar-refractivity contribution >= 4 is 19.8 Å². The second-order valence-electron chi connectivity index (χ2n) is 21.0. The lowest BCUT2D eigenvalue weighted by atomic mass is 10.1. The number of phosphoric acid groups is 1. The Morgan fingerprint density at radius 1 is 0.410 bits per heavy atom. The fraction of sp³-hybridized carbons (Fsp3) is 0.618. The fourth-order valence-electron chi connectivity index (χ4n) is 7.65. The van der Waals surface area contributed by atoms with Crippen molar-refractivity contribution in [3.05, 3.63) is 146 Å². The van der Waals surface area contributed by atoms with Crippen LogP contribution in [0.2, 0.25) is 0 Å². The predicted octanol–water partition coefficient (Wildman–Crippen LogP) is 18.8. The van der Waals surface area contributed by atoms with Crippen LogP contribution in [0.25, 0.3) is 0 Å². The molecular weight excluding hydrogens is 990 g/mol. The Hall–Kier alpha value is -4.11. The number of rotatable bonds is 54. The molecule has 0 bridgehead atoms. The third kappa shape index (κ3) is 61.1. The van der Waals surface area contributed by atoms with E-state index >= 15 is 0 Å². The van der Waals surface area contributed by atoms with Crippen molar-refractivity contribution in [1.82, 2.24) is 0 Å². The highest BCUT2D eigenvalue weighted by Crippen LogP contribution is 2.38. The molecule has 0 aromatic carbocycles. The first-order valence-corrected chi connectivity index (χ1v) is 32.0. The van der Waals surface area contributed by atoms with Gasteiger partial charge in [-0.15, -0.1) is 0 Å². The van der Waals surface area contributed by atoms with Crippen LogP contribution < -0.4 is 4.89 Å². The lowest BCUT2D eigenvalue weighted by molar-refractivity contribution is -0.870. The topological polar surface area (TPSA) is 111 Å². The molecule has 9 nitrogen and oxygen atoms in total. The molecular formula is C68H112NO8P. The maximum absolute atomic E-state index is 12.8. The lowest BCUT2D eigenvalue weighted by Gasteiger charge is -2.28. The summed E-state index contributed by atoms with van der Waals surface area (Å²) in [6.07, 6.45) is 84.6. The second kappa shape index (κ2) is 57.6. The number of esters is 2. The number of quaternary nitrogens is 1. The zero-order chi connectivity index (χ0) is 57.0. The van der Waals surface area contributed by atoms with Gasteiger partial charge in [0.25, 0.3) is 7.82 Å². The van der Waals surface area contributed by atoms with Gasteiger partial charge in [-0.3, -0.25) is 14.2 Å². The highest BCUT2D eigenvalue weighted by Gasteiger charge is 2.21. The first kappa shape index (κ1) is 73.9. The van der Waals surface area contributed by atoms with Gasteiger partial charge in [-0.1, -0.05) is 230 Å². The molecule has 0 heterocycles. The summed E-state index contributed by atoms with van der Waals surface area (Å²) in [5.41, 5.74) is 0. The number of hydrogen-bond donors (Lipinski definition) is 0. The Morgan fingerprint density at radius 2 is 0.731 bits per heavy atom. The largest absolute Gasteiger partial charge is 0.756 e. The molecule has 10 heteroatoms. The van der Waals surface area contributed by atoms with Gasteiger partial charge < -0.3 is 27.9 Å². The number of phosphoric ester groups is 1. The minimum absolute atomic E-state index is 0.0459. The van der Waals surface area contributed by atoms with Crippen LogP contribution in [0.5, 0.6) is 0 Å². The molecule has 0 aromatic heterocycles. The Morgan fingerprint density at radius 3 is 1.09 bits per heavy atom. The van der Waals surface area contributed by atoms with Crippen molar-refractivity contribution in [1.29, 1.82) is 0 Å². The molecule has 0 rings (SSSR count). The maximum Gasteiger partial charge on any atom is 0.306 e. The zero-order valence-electron chi connectivity index (χ0n) is 50.1. The summed E-state index contributed by atoms with van der Waals surface area (Å²) in [5, 5.41) is 0. The molecule has 0 saturated heterocycles. The first-order chi connectivity index (χ1) is 38.0. The van der Waals surface area contributed by atoms with E-state index in [4.69, 9.17) is 18.5 Å². The lowest BCUT2D eigenvalue weighted by Crippen LogP contribution is -2.37. The van der Waals surface area contributed by atoms with Crippen molar-refractivity contribution in [3.8, 4) is 0 Å². The predicted molar refractivity (Wildman–Crippen MR) is 332 cm³/mol. The van der Waals surface area contributed by atoms with Crippen LogP contribution in [0.4, 0.5) is 0 Å². The molecule has 0 spiro atoms. The number of unbranched alkanes of at least 4 members (excludes halogenated alkanes) is 16. The van der Waals surface area contributed by atoms with Crippen molar-refractivity contribution in [2.24, 2.45) is 0 Å². The molecule has 0 aliphatic heterocycles. The monoisotopic (exact) mass is 1100 g/mol. The molecule has 0 fully saturated rings. The molecule has 442 valence electrons. The molecule has 0 radical (unpaired) electrons. The third-order valence-electron chi connectivity index (χ3n) is 12.3. The smallest absolute Gasteiger partial charge is 0.306 e. The van der Waals surface area contributed by atoms with E-state index in [-0.39, 0.29) is 26.1 Å². The van der Waals surface area contributed by atoms with E-state index in [9.17, 15) is 19.0 Å².